The summed E-state index contributed by atoms with van der Waals surface area (Å²) in [7, 11) is 0. The number of nitrogens with zero attached hydrogens (tertiary/aromatic N) is 3. The summed E-state index contributed by atoms with van der Waals surface area (Å²) in [4.78, 5) is 11.6. The zero-order valence-corrected chi connectivity index (χ0v) is 16.9. The van der Waals surface area contributed by atoms with E-state index in [9.17, 15) is 5.11 Å². The van der Waals surface area contributed by atoms with Crippen molar-refractivity contribution in [2.75, 3.05) is 24.5 Å². The molecule has 0 aromatic carbocycles. The van der Waals surface area contributed by atoms with Crippen LogP contribution < -0.4 is 21.1 Å². The number of aliphatic hydroxyl groups is 1. The van der Waals surface area contributed by atoms with Crippen molar-refractivity contribution in [3.8, 4) is 0 Å². The fraction of sp³-hybridized carbons (Fsp3) is 0.545. The molecule has 0 bridgehead atoms. The molecule has 29 heavy (non-hydrogen) atoms. The molecule has 0 aliphatic carbocycles. The number of aryl methyl sites for hydroxylation is 1. The van der Waals surface area contributed by atoms with Crippen molar-refractivity contribution in [2.45, 2.75) is 50.4 Å². The van der Waals surface area contributed by atoms with E-state index < -0.39 is 0 Å². The highest BCUT2D eigenvalue weighted by atomic mass is 16.3. The van der Waals surface area contributed by atoms with Crippen LogP contribution in [0, 0.1) is 12.8 Å². The van der Waals surface area contributed by atoms with Crippen LogP contribution in [0.1, 0.15) is 48.2 Å². The van der Waals surface area contributed by atoms with E-state index in [1.54, 1.807) is 0 Å². The van der Waals surface area contributed by atoms with Crippen LogP contribution in [0.25, 0.3) is 0 Å². The monoisotopic (exact) mass is 394 g/mol. The van der Waals surface area contributed by atoms with Crippen molar-refractivity contribution in [2.24, 2.45) is 5.92 Å². The average Bonchev–Trinajstić information content (AvgIpc) is 3.18. The van der Waals surface area contributed by atoms with Crippen LogP contribution in [0.4, 0.5) is 5.82 Å². The molecule has 154 valence electrons. The van der Waals surface area contributed by atoms with Gasteiger partial charge in [0.15, 0.2) is 0 Å². The van der Waals surface area contributed by atoms with Gasteiger partial charge in [-0.1, -0.05) is 12.1 Å². The molecule has 7 heteroatoms. The summed E-state index contributed by atoms with van der Waals surface area (Å²) in [5, 5.41) is 13.8. The second-order valence-electron chi connectivity index (χ2n) is 8.64. The van der Waals surface area contributed by atoms with Crippen LogP contribution >= 0.6 is 0 Å². The first-order valence-corrected chi connectivity index (χ1v) is 10.7. The van der Waals surface area contributed by atoms with Gasteiger partial charge in [0.1, 0.15) is 5.82 Å². The number of hydrogen-bond donors (Lipinski definition) is 4. The molecule has 0 amide bonds. The second-order valence-corrected chi connectivity index (χ2v) is 8.64. The number of pyridine rings is 2. The molecule has 2 aromatic rings. The lowest BCUT2D eigenvalue weighted by Crippen LogP contribution is -2.46. The third kappa shape index (κ3) is 3.75. The molecule has 2 aromatic heterocycles. The lowest BCUT2D eigenvalue weighted by atomic mass is 9.81. The van der Waals surface area contributed by atoms with Crippen LogP contribution in [-0.4, -0.2) is 46.9 Å². The number of nitrogens with one attached hydrogen (secondary N) is 3. The number of anilines is 1. The minimum Gasteiger partial charge on any atom is -0.391 e. The molecule has 0 radical (unpaired) electrons. The van der Waals surface area contributed by atoms with Gasteiger partial charge in [0.05, 0.1) is 17.8 Å². The normalized spacial score (nSPS) is 32.2. The van der Waals surface area contributed by atoms with Gasteiger partial charge in [0.25, 0.3) is 0 Å². The van der Waals surface area contributed by atoms with Gasteiger partial charge in [0, 0.05) is 50.0 Å². The zero-order chi connectivity index (χ0) is 19.8. The highest BCUT2D eigenvalue weighted by Gasteiger charge is 2.42. The largest absolute Gasteiger partial charge is 0.391 e. The van der Waals surface area contributed by atoms with Gasteiger partial charge >= 0.3 is 0 Å². The first kappa shape index (κ1) is 18.9. The molecule has 3 fully saturated rings. The number of aromatic nitrogens is 2. The smallest absolute Gasteiger partial charge is 0.131 e. The first-order chi connectivity index (χ1) is 14.2. The van der Waals surface area contributed by atoms with E-state index in [1.807, 2.05) is 18.5 Å². The van der Waals surface area contributed by atoms with Crippen LogP contribution in [-0.2, 0) is 0 Å². The first-order valence-electron chi connectivity index (χ1n) is 10.7. The summed E-state index contributed by atoms with van der Waals surface area (Å²) in [6.45, 7) is 4.67. The molecule has 0 spiro atoms. The Bertz CT molecular complexity index is 846. The Morgan fingerprint density at radius 3 is 2.97 bits per heavy atom. The highest BCUT2D eigenvalue weighted by Crippen LogP contribution is 2.38. The average molecular weight is 395 g/mol. The van der Waals surface area contributed by atoms with Crippen LogP contribution in [0.15, 0.2) is 36.7 Å². The van der Waals surface area contributed by atoms with Crippen LogP contribution in [0.3, 0.4) is 0 Å². The van der Waals surface area contributed by atoms with E-state index in [0.29, 0.717) is 24.5 Å². The van der Waals surface area contributed by atoms with Gasteiger partial charge in [-0.05, 0) is 49.4 Å². The van der Waals surface area contributed by atoms with Crippen LogP contribution in [0.5, 0.6) is 0 Å². The number of piperidine rings is 2. The van der Waals surface area contributed by atoms with E-state index in [1.165, 1.54) is 11.1 Å². The second kappa shape index (κ2) is 7.99. The van der Waals surface area contributed by atoms with Gasteiger partial charge in [0.2, 0.25) is 0 Å². The van der Waals surface area contributed by atoms with Crippen molar-refractivity contribution in [3.05, 3.63) is 53.5 Å². The Labute approximate surface area is 171 Å². The summed E-state index contributed by atoms with van der Waals surface area (Å²) in [5.41, 5.74) is 10.5. The molecular formula is C22H30N6O. The lowest BCUT2D eigenvalue weighted by Gasteiger charge is -2.35. The van der Waals surface area contributed by atoms with Gasteiger partial charge in [-0.3, -0.25) is 10.4 Å². The Morgan fingerprint density at radius 1 is 1.21 bits per heavy atom. The fourth-order valence-electron chi connectivity index (χ4n) is 5.07. The number of fused-ring (bicyclic) bond motifs is 1. The van der Waals surface area contributed by atoms with Crippen molar-refractivity contribution < 1.29 is 5.11 Å². The molecule has 4 unspecified atom stereocenters. The number of hydrogen-bond acceptors (Lipinski definition) is 7. The number of rotatable bonds is 3. The van der Waals surface area contributed by atoms with E-state index in [-0.39, 0.29) is 12.1 Å². The topological polar surface area (TPSA) is 85.3 Å². The predicted octanol–water partition coefficient (Wildman–Crippen LogP) is 1.61. The molecule has 0 saturated carbocycles. The van der Waals surface area contributed by atoms with E-state index in [0.717, 1.165) is 43.9 Å². The predicted molar refractivity (Wildman–Crippen MR) is 112 cm³/mol. The molecule has 3 aliphatic rings. The minimum absolute atomic E-state index is 0.176. The highest BCUT2D eigenvalue weighted by molar-refractivity contribution is 5.48. The molecule has 5 rings (SSSR count). The Balaban J connectivity index is 1.38. The molecule has 4 N–H and O–H groups in total. The van der Waals surface area contributed by atoms with Gasteiger partial charge in [-0.25, -0.2) is 10.4 Å². The maximum atomic E-state index is 10.1. The number of β-amino-alcohol motifs (C(OH)–C–C–N with tert-alkyl or cyclic N) is 1. The van der Waals surface area contributed by atoms with Crippen molar-refractivity contribution in [1.29, 1.82) is 0 Å². The Hall–Kier alpha value is -2.06. The fourth-order valence-corrected chi connectivity index (χ4v) is 5.07. The summed E-state index contributed by atoms with van der Waals surface area (Å²) in [5.74, 6) is 1.47. The Kier molecular flexibility index (Phi) is 5.22. The number of hydrazine groups is 1. The minimum atomic E-state index is -0.256. The summed E-state index contributed by atoms with van der Waals surface area (Å²) < 4.78 is 0. The summed E-state index contributed by atoms with van der Waals surface area (Å²) in [6.07, 6.45) is 6.47. The van der Waals surface area contributed by atoms with Crippen molar-refractivity contribution >= 4 is 5.82 Å². The van der Waals surface area contributed by atoms with E-state index in [2.05, 4.69) is 51.2 Å². The van der Waals surface area contributed by atoms with E-state index in [4.69, 9.17) is 4.98 Å². The summed E-state index contributed by atoms with van der Waals surface area (Å²) >= 11 is 0. The van der Waals surface area contributed by atoms with E-state index >= 15 is 0 Å². The maximum Gasteiger partial charge on any atom is 0.131 e. The molecule has 5 atom stereocenters. The third-order valence-corrected chi connectivity index (χ3v) is 6.65. The van der Waals surface area contributed by atoms with Gasteiger partial charge in [-0.15, -0.1) is 0 Å². The standard InChI is InChI=1S/C22H30N6O/c1-14-6-7-18(25-22(14)28-9-3-5-16(29)13-28)21-17-10-19(15-4-2-8-23-11-15)24-12-20(17)26-27-21/h2,4,6-8,11,16-17,19-21,24,26-27,29H,3,5,9-10,12-13H2,1H3/t16-,17?,19?,20?,21?/m1/s1. The lowest BCUT2D eigenvalue weighted by molar-refractivity contribution is 0.153. The Morgan fingerprint density at radius 2 is 2.14 bits per heavy atom. The van der Waals surface area contributed by atoms with Crippen LogP contribution in [0.2, 0.25) is 0 Å². The van der Waals surface area contributed by atoms with Crippen molar-refractivity contribution in [3.63, 3.8) is 0 Å². The summed E-state index contributed by atoms with van der Waals surface area (Å²) in [6, 6.07) is 9.37. The molecule has 5 heterocycles. The molecule has 3 aliphatic heterocycles. The van der Waals surface area contributed by atoms with Crippen molar-refractivity contribution in [1.82, 2.24) is 26.1 Å². The molecular weight excluding hydrogens is 364 g/mol. The molecule has 3 saturated heterocycles. The number of aliphatic hydroxyl groups excluding tert-OH is 1. The van der Waals surface area contributed by atoms with Gasteiger partial charge in [-0.2, -0.15) is 0 Å². The molecule has 7 nitrogen and oxygen atoms in total. The zero-order valence-electron chi connectivity index (χ0n) is 16.9. The SMILES string of the molecule is Cc1ccc(C2NNC3CNC(c4cccnc4)CC32)nc1N1CCC[C@@H](O)C1. The quantitative estimate of drug-likeness (QED) is 0.629. The third-order valence-electron chi connectivity index (χ3n) is 6.65. The maximum absolute atomic E-state index is 10.1. The van der Waals surface area contributed by atoms with Gasteiger partial charge < -0.3 is 15.3 Å².